The third-order valence-corrected chi connectivity index (χ3v) is 3.95. The van der Waals surface area contributed by atoms with Gasteiger partial charge < -0.3 is 4.90 Å². The third kappa shape index (κ3) is 3.24. The largest absolute Gasteiger partial charge is 0.353 e. The monoisotopic (exact) mass is 277 g/mol. The van der Waals surface area contributed by atoms with Gasteiger partial charge in [0.25, 0.3) is 0 Å². The van der Waals surface area contributed by atoms with Crippen LogP contribution in [0.15, 0.2) is 60.7 Å². The van der Waals surface area contributed by atoms with Crippen molar-refractivity contribution in [2.24, 2.45) is 0 Å². The van der Waals surface area contributed by atoms with Crippen LogP contribution in [0, 0.1) is 11.3 Å². The molecule has 2 aromatic rings. The zero-order valence-electron chi connectivity index (χ0n) is 12.0. The van der Waals surface area contributed by atoms with E-state index >= 15 is 0 Å². The number of rotatable bonds is 3. The van der Waals surface area contributed by atoms with Crippen LogP contribution in [-0.2, 0) is 6.54 Å². The van der Waals surface area contributed by atoms with Crippen LogP contribution in [0.1, 0.15) is 5.56 Å². The molecule has 0 aromatic heterocycles. The Bertz CT molecular complexity index is 603. The Hall–Kier alpha value is -2.31. The normalized spacial score (nSPS) is 19.2. The van der Waals surface area contributed by atoms with E-state index in [0.29, 0.717) is 0 Å². The first-order valence-electron chi connectivity index (χ1n) is 7.34. The summed E-state index contributed by atoms with van der Waals surface area (Å²) in [5, 5.41) is 9.49. The van der Waals surface area contributed by atoms with Crippen LogP contribution in [0.25, 0.3) is 0 Å². The van der Waals surface area contributed by atoms with Crippen LogP contribution in [0.2, 0.25) is 0 Å². The molecule has 0 saturated carbocycles. The van der Waals surface area contributed by atoms with Gasteiger partial charge in [0, 0.05) is 31.9 Å². The summed E-state index contributed by atoms with van der Waals surface area (Å²) in [6.45, 7) is 3.60. The van der Waals surface area contributed by atoms with Gasteiger partial charge in [0.2, 0.25) is 0 Å². The van der Waals surface area contributed by atoms with Gasteiger partial charge in [-0.3, -0.25) is 4.90 Å². The quantitative estimate of drug-likeness (QED) is 0.864. The van der Waals surface area contributed by atoms with Crippen LogP contribution >= 0.6 is 0 Å². The van der Waals surface area contributed by atoms with Crippen molar-refractivity contribution in [3.8, 4) is 6.07 Å². The van der Waals surface area contributed by atoms with Crippen LogP contribution < -0.4 is 4.90 Å². The molecule has 1 atom stereocenters. The van der Waals surface area contributed by atoms with Gasteiger partial charge in [-0.1, -0.05) is 48.5 Å². The molecule has 0 radical (unpaired) electrons. The number of para-hydroxylation sites is 1. The van der Waals surface area contributed by atoms with E-state index in [-0.39, 0.29) is 6.04 Å². The van der Waals surface area contributed by atoms with Crippen molar-refractivity contribution in [2.75, 3.05) is 24.5 Å². The van der Waals surface area contributed by atoms with Crippen molar-refractivity contribution in [1.29, 1.82) is 5.26 Å². The van der Waals surface area contributed by atoms with Crippen molar-refractivity contribution in [3.05, 3.63) is 66.2 Å². The first kappa shape index (κ1) is 13.7. The fraction of sp³-hybridized carbons (Fsp3) is 0.278. The molecule has 21 heavy (non-hydrogen) atoms. The number of hydrogen-bond acceptors (Lipinski definition) is 3. The Morgan fingerprint density at radius 1 is 0.952 bits per heavy atom. The lowest BCUT2D eigenvalue weighted by Crippen LogP contribution is -2.52. The predicted octanol–water partition coefficient (Wildman–Crippen LogP) is 2.90. The molecule has 0 amide bonds. The highest BCUT2D eigenvalue weighted by Gasteiger charge is 2.26. The van der Waals surface area contributed by atoms with Gasteiger partial charge in [0.1, 0.15) is 6.04 Å². The minimum atomic E-state index is -0.0788. The number of nitriles is 1. The number of anilines is 1. The number of nitrogens with zero attached hydrogens (tertiary/aromatic N) is 3. The summed E-state index contributed by atoms with van der Waals surface area (Å²) in [6.07, 6.45) is 0. The highest BCUT2D eigenvalue weighted by atomic mass is 15.3. The average molecular weight is 277 g/mol. The van der Waals surface area contributed by atoms with Gasteiger partial charge in [-0.05, 0) is 17.7 Å². The standard InChI is InChI=1S/C18H19N3/c19-13-18-15-20(14-16-7-3-1-4-8-16)11-12-21(18)17-9-5-2-6-10-17/h1-10,18H,11-12,14-15H2/t18-/m0/s1. The second-order valence-corrected chi connectivity index (χ2v) is 5.39. The molecule has 106 valence electrons. The zero-order valence-corrected chi connectivity index (χ0v) is 12.0. The third-order valence-electron chi connectivity index (χ3n) is 3.95. The van der Waals surface area contributed by atoms with Crippen molar-refractivity contribution >= 4 is 5.69 Å². The molecule has 2 aromatic carbocycles. The zero-order chi connectivity index (χ0) is 14.5. The van der Waals surface area contributed by atoms with Gasteiger partial charge >= 0.3 is 0 Å². The van der Waals surface area contributed by atoms with Gasteiger partial charge in [-0.15, -0.1) is 0 Å². The molecule has 0 aliphatic carbocycles. The Balaban J connectivity index is 1.68. The highest BCUT2D eigenvalue weighted by Crippen LogP contribution is 2.21. The van der Waals surface area contributed by atoms with Gasteiger partial charge in [-0.25, -0.2) is 0 Å². The van der Waals surface area contributed by atoms with Crippen LogP contribution in [0.4, 0.5) is 5.69 Å². The number of hydrogen-bond donors (Lipinski definition) is 0. The lowest BCUT2D eigenvalue weighted by molar-refractivity contribution is 0.232. The Labute approximate surface area is 126 Å². The summed E-state index contributed by atoms with van der Waals surface area (Å²) < 4.78 is 0. The molecular formula is C18H19N3. The fourth-order valence-electron chi connectivity index (χ4n) is 2.86. The topological polar surface area (TPSA) is 30.3 Å². The SMILES string of the molecule is N#C[C@H]1CN(Cc2ccccc2)CCN1c1ccccc1. The second-order valence-electron chi connectivity index (χ2n) is 5.39. The van der Waals surface area contributed by atoms with Crippen LogP contribution in [-0.4, -0.2) is 30.6 Å². The maximum absolute atomic E-state index is 9.49. The number of piperazine rings is 1. The minimum absolute atomic E-state index is 0.0788. The molecule has 3 nitrogen and oxygen atoms in total. The van der Waals surface area contributed by atoms with Crippen molar-refractivity contribution in [1.82, 2.24) is 4.90 Å². The Morgan fingerprint density at radius 2 is 1.62 bits per heavy atom. The molecule has 3 heteroatoms. The van der Waals surface area contributed by atoms with Gasteiger partial charge in [-0.2, -0.15) is 5.26 Å². The first-order chi connectivity index (χ1) is 10.4. The highest BCUT2D eigenvalue weighted by molar-refractivity contribution is 5.49. The van der Waals surface area contributed by atoms with E-state index in [0.717, 1.165) is 31.9 Å². The van der Waals surface area contributed by atoms with Crippen molar-refractivity contribution in [3.63, 3.8) is 0 Å². The minimum Gasteiger partial charge on any atom is -0.353 e. The van der Waals surface area contributed by atoms with Crippen molar-refractivity contribution in [2.45, 2.75) is 12.6 Å². The smallest absolute Gasteiger partial charge is 0.129 e. The molecule has 1 aliphatic heterocycles. The number of benzene rings is 2. The molecule has 0 spiro atoms. The van der Waals surface area contributed by atoms with Crippen LogP contribution in [0.5, 0.6) is 0 Å². The molecule has 0 bridgehead atoms. The lowest BCUT2D eigenvalue weighted by atomic mass is 10.1. The van der Waals surface area contributed by atoms with Gasteiger partial charge in [0.15, 0.2) is 0 Å². The summed E-state index contributed by atoms with van der Waals surface area (Å²) in [5.74, 6) is 0. The van der Waals surface area contributed by atoms with E-state index in [9.17, 15) is 5.26 Å². The Morgan fingerprint density at radius 3 is 2.29 bits per heavy atom. The van der Waals surface area contributed by atoms with Gasteiger partial charge in [0.05, 0.1) is 6.07 Å². The molecule has 1 aliphatic rings. The molecular weight excluding hydrogens is 258 g/mol. The van der Waals surface area contributed by atoms with E-state index in [1.165, 1.54) is 5.56 Å². The molecule has 1 fully saturated rings. The second kappa shape index (κ2) is 6.43. The molecule has 1 heterocycles. The first-order valence-corrected chi connectivity index (χ1v) is 7.34. The van der Waals surface area contributed by atoms with Crippen LogP contribution in [0.3, 0.4) is 0 Å². The lowest BCUT2D eigenvalue weighted by Gasteiger charge is -2.39. The maximum atomic E-state index is 9.49. The molecule has 3 rings (SSSR count). The summed E-state index contributed by atoms with van der Waals surface area (Å²) in [6, 6.07) is 23.1. The van der Waals surface area contributed by atoms with E-state index in [4.69, 9.17) is 0 Å². The van der Waals surface area contributed by atoms with E-state index in [1.807, 2.05) is 24.3 Å². The molecule has 0 N–H and O–H groups in total. The van der Waals surface area contributed by atoms with E-state index in [2.05, 4.69) is 52.3 Å². The van der Waals surface area contributed by atoms with Crippen molar-refractivity contribution < 1.29 is 0 Å². The summed E-state index contributed by atoms with van der Waals surface area (Å²) in [4.78, 5) is 4.57. The maximum Gasteiger partial charge on any atom is 0.129 e. The predicted molar refractivity (Wildman–Crippen MR) is 84.9 cm³/mol. The summed E-state index contributed by atoms with van der Waals surface area (Å²) in [7, 11) is 0. The molecule has 1 saturated heterocycles. The van der Waals surface area contributed by atoms with E-state index < -0.39 is 0 Å². The summed E-state index contributed by atoms with van der Waals surface area (Å²) in [5.41, 5.74) is 2.45. The average Bonchev–Trinajstić information content (AvgIpc) is 2.56. The fourth-order valence-corrected chi connectivity index (χ4v) is 2.86. The van der Waals surface area contributed by atoms with E-state index in [1.54, 1.807) is 0 Å². The molecule has 0 unspecified atom stereocenters. The summed E-state index contributed by atoms with van der Waals surface area (Å²) >= 11 is 0. The Kier molecular flexibility index (Phi) is 4.18.